The van der Waals surface area contributed by atoms with Crippen LogP contribution in [0.25, 0.3) is 0 Å². The molecule has 0 radical (unpaired) electrons. The lowest BCUT2D eigenvalue weighted by Crippen LogP contribution is -2.29. The molecule has 2 aromatic carbocycles. The monoisotopic (exact) mass is 397 g/mol. The Morgan fingerprint density at radius 2 is 0.964 bits per heavy atom. The molecule has 0 fully saturated rings. The van der Waals surface area contributed by atoms with Crippen LogP contribution in [0.1, 0.15) is 27.8 Å². The van der Waals surface area contributed by atoms with Crippen molar-refractivity contribution in [3.05, 3.63) is 101 Å². The van der Waals surface area contributed by atoms with Crippen molar-refractivity contribution in [2.24, 2.45) is 0 Å². The summed E-state index contributed by atoms with van der Waals surface area (Å²) in [6, 6.07) is 10.6. The topological polar surface area (TPSA) is 33.1 Å². The van der Waals surface area contributed by atoms with Gasteiger partial charge in [-0.1, -0.05) is 30.3 Å². The molecule has 0 saturated carbocycles. The number of benzene rings is 2. The summed E-state index contributed by atoms with van der Waals surface area (Å²) in [5, 5.41) is 11.4. The third kappa shape index (κ3) is 3.73. The average Bonchev–Trinajstić information content (AvgIpc) is 2.67. The van der Waals surface area contributed by atoms with Gasteiger partial charge in [0.2, 0.25) is 0 Å². The smallest absolute Gasteiger partial charge is 0.376 e. The van der Waals surface area contributed by atoms with Gasteiger partial charge in [0.15, 0.2) is 0 Å². The van der Waals surface area contributed by atoms with Crippen LogP contribution in [0.2, 0.25) is 0 Å². The molecule has 0 spiro atoms. The number of halogens is 6. The highest BCUT2D eigenvalue weighted by atomic mass is 19.4. The Hall–Kier alpha value is -2.87. The van der Waals surface area contributed by atoms with Gasteiger partial charge in [0.25, 0.3) is 0 Å². The number of hydrogen-bond acceptors (Lipinski definition) is 2. The van der Waals surface area contributed by atoms with E-state index in [-0.39, 0.29) is 16.7 Å². The van der Waals surface area contributed by atoms with Gasteiger partial charge in [0.1, 0.15) is 5.60 Å². The van der Waals surface area contributed by atoms with Gasteiger partial charge in [0, 0.05) is 18.0 Å². The van der Waals surface area contributed by atoms with Gasteiger partial charge in [-0.2, -0.15) is 26.3 Å². The minimum absolute atomic E-state index is 0.0632. The van der Waals surface area contributed by atoms with Crippen molar-refractivity contribution in [2.45, 2.75) is 18.0 Å². The third-order valence-electron chi connectivity index (χ3n) is 4.34. The van der Waals surface area contributed by atoms with E-state index >= 15 is 0 Å². The minimum Gasteiger partial charge on any atom is -0.376 e. The number of aliphatic hydroxyl groups is 1. The van der Waals surface area contributed by atoms with Gasteiger partial charge in [-0.15, -0.1) is 0 Å². The molecule has 28 heavy (non-hydrogen) atoms. The molecule has 2 nitrogen and oxygen atoms in total. The van der Waals surface area contributed by atoms with E-state index in [9.17, 15) is 31.4 Å². The first-order chi connectivity index (χ1) is 13.0. The van der Waals surface area contributed by atoms with Crippen LogP contribution in [-0.4, -0.2) is 10.1 Å². The Labute approximate surface area is 156 Å². The van der Waals surface area contributed by atoms with Crippen molar-refractivity contribution < 1.29 is 31.4 Å². The van der Waals surface area contributed by atoms with E-state index in [2.05, 4.69) is 4.98 Å². The van der Waals surface area contributed by atoms with Gasteiger partial charge in [-0.25, -0.2) is 0 Å². The van der Waals surface area contributed by atoms with Crippen LogP contribution in [0.4, 0.5) is 26.3 Å². The largest absolute Gasteiger partial charge is 0.416 e. The molecule has 0 saturated heterocycles. The standard InChI is InChI=1S/C20H13F6NO/c21-19(22,23)15-7-3-13(4-8-15)18(28,17-2-1-11-27-12-17)14-5-9-16(10-6-14)20(24,25)26/h1-12,28H. The molecule has 0 unspecified atom stereocenters. The van der Waals surface area contributed by atoms with E-state index in [1.54, 1.807) is 0 Å². The van der Waals surface area contributed by atoms with Crippen molar-refractivity contribution >= 4 is 0 Å². The molecule has 1 aromatic heterocycles. The third-order valence-corrected chi connectivity index (χ3v) is 4.34. The number of rotatable bonds is 3. The SMILES string of the molecule is OC(c1ccc(C(F)(F)F)cc1)(c1ccc(C(F)(F)F)cc1)c1cccnc1. The van der Waals surface area contributed by atoms with Crippen LogP contribution < -0.4 is 0 Å². The van der Waals surface area contributed by atoms with E-state index in [1.165, 1.54) is 24.5 Å². The summed E-state index contributed by atoms with van der Waals surface area (Å²) >= 11 is 0. The first-order valence-electron chi connectivity index (χ1n) is 8.01. The maximum absolute atomic E-state index is 12.8. The molecule has 0 aliphatic rings. The fourth-order valence-electron chi connectivity index (χ4n) is 2.88. The molecule has 0 atom stereocenters. The van der Waals surface area contributed by atoms with Crippen molar-refractivity contribution in [3.8, 4) is 0 Å². The summed E-state index contributed by atoms with van der Waals surface area (Å²) in [6.45, 7) is 0. The van der Waals surface area contributed by atoms with E-state index in [1.807, 2.05) is 0 Å². The second kappa shape index (κ2) is 6.94. The Morgan fingerprint density at radius 1 is 0.571 bits per heavy atom. The molecule has 146 valence electrons. The summed E-state index contributed by atoms with van der Waals surface area (Å²) in [7, 11) is 0. The zero-order chi connectivity index (χ0) is 20.6. The van der Waals surface area contributed by atoms with Gasteiger partial charge >= 0.3 is 12.4 Å². The summed E-state index contributed by atoms with van der Waals surface area (Å²) in [4.78, 5) is 3.90. The predicted molar refractivity (Wildman–Crippen MR) is 89.2 cm³/mol. The molecular weight excluding hydrogens is 384 g/mol. The number of hydrogen-bond donors (Lipinski definition) is 1. The molecular formula is C20H13F6NO. The molecule has 0 bridgehead atoms. The van der Waals surface area contributed by atoms with Crippen LogP contribution in [0.15, 0.2) is 73.1 Å². The van der Waals surface area contributed by atoms with Gasteiger partial charge in [-0.05, 0) is 41.5 Å². The second-order valence-corrected chi connectivity index (χ2v) is 6.10. The minimum atomic E-state index is -4.56. The Kier molecular flexibility index (Phi) is 4.93. The number of pyridine rings is 1. The molecule has 1 N–H and O–H groups in total. The highest BCUT2D eigenvalue weighted by Crippen LogP contribution is 2.39. The van der Waals surface area contributed by atoms with E-state index in [4.69, 9.17) is 0 Å². The summed E-state index contributed by atoms with van der Waals surface area (Å²) in [5.41, 5.74) is -3.46. The Bertz CT molecular complexity index is 874. The maximum Gasteiger partial charge on any atom is 0.416 e. The zero-order valence-electron chi connectivity index (χ0n) is 14.1. The molecule has 8 heteroatoms. The van der Waals surface area contributed by atoms with Crippen molar-refractivity contribution in [2.75, 3.05) is 0 Å². The van der Waals surface area contributed by atoms with E-state index in [0.717, 1.165) is 48.5 Å². The highest BCUT2D eigenvalue weighted by molar-refractivity contribution is 5.47. The molecule has 1 heterocycles. The van der Waals surface area contributed by atoms with Crippen LogP contribution in [0.5, 0.6) is 0 Å². The van der Waals surface area contributed by atoms with Gasteiger partial charge in [0.05, 0.1) is 11.1 Å². The fourth-order valence-corrected chi connectivity index (χ4v) is 2.88. The summed E-state index contributed by atoms with van der Waals surface area (Å²) in [6.07, 6.45) is -6.38. The first kappa shape index (κ1) is 19.9. The lowest BCUT2D eigenvalue weighted by Gasteiger charge is -2.30. The lowest BCUT2D eigenvalue weighted by molar-refractivity contribution is -0.138. The average molecular weight is 397 g/mol. The Morgan fingerprint density at radius 3 is 1.29 bits per heavy atom. The lowest BCUT2D eigenvalue weighted by atomic mass is 9.80. The summed E-state index contributed by atoms with van der Waals surface area (Å²) in [5.74, 6) is 0. The van der Waals surface area contributed by atoms with Crippen molar-refractivity contribution in [3.63, 3.8) is 0 Å². The maximum atomic E-state index is 12.8. The van der Waals surface area contributed by atoms with Gasteiger partial charge in [-0.3, -0.25) is 4.98 Å². The van der Waals surface area contributed by atoms with Crippen molar-refractivity contribution in [1.29, 1.82) is 0 Å². The van der Waals surface area contributed by atoms with Crippen LogP contribution in [-0.2, 0) is 18.0 Å². The van der Waals surface area contributed by atoms with Crippen LogP contribution in [0, 0.1) is 0 Å². The first-order valence-corrected chi connectivity index (χ1v) is 8.01. The molecule has 0 aliphatic heterocycles. The molecule has 0 aliphatic carbocycles. The highest BCUT2D eigenvalue weighted by Gasteiger charge is 2.37. The predicted octanol–water partition coefficient (Wildman–Crippen LogP) is 5.40. The quantitative estimate of drug-likeness (QED) is 0.600. The number of alkyl halides is 6. The normalized spacial score (nSPS) is 12.8. The zero-order valence-corrected chi connectivity index (χ0v) is 14.1. The van der Waals surface area contributed by atoms with Gasteiger partial charge < -0.3 is 5.11 Å². The van der Waals surface area contributed by atoms with E-state index in [0.29, 0.717) is 0 Å². The Balaban J connectivity index is 2.14. The second-order valence-electron chi connectivity index (χ2n) is 6.10. The molecule has 3 rings (SSSR count). The molecule has 3 aromatic rings. The number of aromatic nitrogens is 1. The van der Waals surface area contributed by atoms with Crippen LogP contribution >= 0.6 is 0 Å². The number of nitrogens with zero attached hydrogens (tertiary/aromatic N) is 1. The molecule has 0 amide bonds. The van der Waals surface area contributed by atoms with Crippen molar-refractivity contribution in [1.82, 2.24) is 4.98 Å². The van der Waals surface area contributed by atoms with Crippen LogP contribution in [0.3, 0.4) is 0 Å². The fraction of sp³-hybridized carbons (Fsp3) is 0.150. The van der Waals surface area contributed by atoms with E-state index < -0.39 is 29.1 Å². The summed E-state index contributed by atoms with van der Waals surface area (Å²) < 4.78 is 77.0.